The molecule has 2 unspecified atom stereocenters. The minimum absolute atomic E-state index is 0.107. The molecule has 0 aromatic heterocycles. The summed E-state index contributed by atoms with van der Waals surface area (Å²) in [5.41, 5.74) is 1.80. The quantitative estimate of drug-likeness (QED) is 0.845. The van der Waals surface area contributed by atoms with Crippen molar-refractivity contribution in [2.45, 2.75) is 32.1 Å². The number of carbonyl (C=O) groups is 1. The molecule has 25 heavy (non-hydrogen) atoms. The van der Waals surface area contributed by atoms with Crippen LogP contribution in [-0.4, -0.2) is 18.1 Å². The van der Waals surface area contributed by atoms with Gasteiger partial charge < -0.3 is 14.8 Å². The molecule has 128 valence electrons. The second-order valence-corrected chi connectivity index (χ2v) is 5.93. The molecule has 1 heterocycles. The van der Waals surface area contributed by atoms with Crippen LogP contribution in [0.25, 0.3) is 0 Å². The SMILES string of the molecule is CC1CC(Nc2ccc(OCc3cccc(C#N)c3)c(F)c2)C(=O)O1. The van der Waals surface area contributed by atoms with E-state index in [0.717, 1.165) is 5.56 Å². The van der Waals surface area contributed by atoms with Crippen LogP contribution in [-0.2, 0) is 16.1 Å². The molecule has 0 radical (unpaired) electrons. The molecule has 1 fully saturated rings. The number of hydrogen-bond donors (Lipinski definition) is 1. The second kappa shape index (κ2) is 7.22. The number of nitriles is 1. The van der Waals surface area contributed by atoms with Gasteiger partial charge in [-0.15, -0.1) is 0 Å². The van der Waals surface area contributed by atoms with Gasteiger partial charge in [0.2, 0.25) is 0 Å². The van der Waals surface area contributed by atoms with Gasteiger partial charge in [0.15, 0.2) is 11.6 Å². The van der Waals surface area contributed by atoms with Gasteiger partial charge in [0.05, 0.1) is 11.6 Å². The molecule has 1 aliphatic rings. The van der Waals surface area contributed by atoms with E-state index in [-0.39, 0.29) is 24.4 Å². The molecule has 0 saturated carbocycles. The number of nitrogens with zero attached hydrogens (tertiary/aromatic N) is 1. The standard InChI is InChI=1S/C19H17FN2O3/c1-12-7-17(19(23)25-12)22-15-5-6-18(16(20)9-15)24-11-14-4-2-3-13(8-14)10-21/h2-6,8-9,12,17,22H,7,11H2,1H3. The monoisotopic (exact) mass is 340 g/mol. The van der Waals surface area contributed by atoms with Crippen molar-refractivity contribution in [3.63, 3.8) is 0 Å². The Labute approximate surface area is 145 Å². The van der Waals surface area contributed by atoms with E-state index < -0.39 is 11.9 Å². The number of carbonyl (C=O) groups excluding carboxylic acids is 1. The van der Waals surface area contributed by atoms with Gasteiger partial charge in [-0.05, 0) is 36.8 Å². The lowest BCUT2D eigenvalue weighted by Gasteiger charge is -2.12. The van der Waals surface area contributed by atoms with Crippen LogP contribution in [0.3, 0.4) is 0 Å². The number of rotatable bonds is 5. The lowest BCUT2D eigenvalue weighted by Crippen LogP contribution is -2.24. The molecular formula is C19H17FN2O3. The molecule has 1 aliphatic heterocycles. The van der Waals surface area contributed by atoms with E-state index in [4.69, 9.17) is 14.7 Å². The fourth-order valence-corrected chi connectivity index (χ4v) is 2.68. The molecular weight excluding hydrogens is 323 g/mol. The van der Waals surface area contributed by atoms with Crippen LogP contribution in [0.1, 0.15) is 24.5 Å². The number of cyclic esters (lactones) is 1. The van der Waals surface area contributed by atoms with Gasteiger partial charge in [-0.3, -0.25) is 0 Å². The topological polar surface area (TPSA) is 71.3 Å². The highest BCUT2D eigenvalue weighted by molar-refractivity contribution is 5.81. The molecule has 2 aromatic rings. The largest absolute Gasteiger partial charge is 0.486 e. The minimum atomic E-state index is -0.527. The summed E-state index contributed by atoms with van der Waals surface area (Å²) in [6, 6.07) is 13.0. The smallest absolute Gasteiger partial charge is 0.328 e. The predicted octanol–water partition coefficient (Wildman–Crippen LogP) is 3.39. The van der Waals surface area contributed by atoms with Crippen molar-refractivity contribution >= 4 is 11.7 Å². The number of nitrogens with one attached hydrogen (secondary N) is 1. The van der Waals surface area contributed by atoms with Crippen molar-refractivity contribution in [1.29, 1.82) is 5.26 Å². The van der Waals surface area contributed by atoms with Crippen LogP contribution in [0.5, 0.6) is 5.75 Å². The molecule has 2 atom stereocenters. The van der Waals surface area contributed by atoms with Crippen molar-refractivity contribution in [2.24, 2.45) is 0 Å². The van der Waals surface area contributed by atoms with E-state index in [1.807, 2.05) is 19.1 Å². The van der Waals surface area contributed by atoms with Crippen molar-refractivity contribution in [2.75, 3.05) is 5.32 Å². The van der Waals surface area contributed by atoms with E-state index in [0.29, 0.717) is 17.7 Å². The minimum Gasteiger partial charge on any atom is -0.486 e. The summed E-state index contributed by atoms with van der Waals surface area (Å²) in [5, 5.41) is 11.9. The highest BCUT2D eigenvalue weighted by atomic mass is 19.1. The van der Waals surface area contributed by atoms with Gasteiger partial charge in [0.25, 0.3) is 0 Å². The molecule has 0 amide bonds. The molecule has 6 heteroatoms. The fourth-order valence-electron chi connectivity index (χ4n) is 2.68. The Kier molecular flexibility index (Phi) is 4.85. The third-order valence-electron chi connectivity index (χ3n) is 3.89. The average Bonchev–Trinajstić information content (AvgIpc) is 2.91. The summed E-state index contributed by atoms with van der Waals surface area (Å²) in [5.74, 6) is -0.748. The van der Waals surface area contributed by atoms with Gasteiger partial charge in [-0.25, -0.2) is 9.18 Å². The maximum atomic E-state index is 14.2. The van der Waals surface area contributed by atoms with Crippen molar-refractivity contribution in [1.82, 2.24) is 0 Å². The summed E-state index contributed by atoms with van der Waals surface area (Å²) < 4.78 is 24.8. The Hall–Kier alpha value is -3.07. The van der Waals surface area contributed by atoms with Gasteiger partial charge in [0.1, 0.15) is 18.8 Å². The predicted molar refractivity (Wildman–Crippen MR) is 89.5 cm³/mol. The van der Waals surface area contributed by atoms with Crippen LogP contribution in [0, 0.1) is 17.1 Å². The maximum absolute atomic E-state index is 14.2. The van der Waals surface area contributed by atoms with Crippen molar-refractivity contribution in [3.8, 4) is 11.8 Å². The molecule has 5 nitrogen and oxygen atoms in total. The number of benzene rings is 2. The molecule has 0 aliphatic carbocycles. The zero-order chi connectivity index (χ0) is 17.8. The molecule has 1 N–H and O–H groups in total. The third-order valence-corrected chi connectivity index (χ3v) is 3.89. The second-order valence-electron chi connectivity index (χ2n) is 5.93. The van der Waals surface area contributed by atoms with E-state index in [2.05, 4.69) is 5.32 Å². The Morgan fingerprint density at radius 1 is 1.36 bits per heavy atom. The Bertz CT molecular complexity index is 832. The van der Waals surface area contributed by atoms with Crippen molar-refractivity contribution < 1.29 is 18.7 Å². The molecule has 0 spiro atoms. The van der Waals surface area contributed by atoms with Crippen LogP contribution >= 0.6 is 0 Å². The van der Waals surface area contributed by atoms with Gasteiger partial charge in [-0.1, -0.05) is 12.1 Å². The fraction of sp³-hybridized carbons (Fsp3) is 0.263. The number of esters is 1. The first-order chi connectivity index (χ1) is 12.0. The number of anilines is 1. The van der Waals surface area contributed by atoms with Crippen LogP contribution in [0.4, 0.5) is 10.1 Å². The number of ether oxygens (including phenoxy) is 2. The van der Waals surface area contributed by atoms with Gasteiger partial charge in [0, 0.05) is 18.2 Å². The molecule has 2 aromatic carbocycles. The Morgan fingerprint density at radius 2 is 2.20 bits per heavy atom. The van der Waals surface area contributed by atoms with Gasteiger partial charge in [-0.2, -0.15) is 5.26 Å². The summed E-state index contributed by atoms with van der Waals surface area (Å²) in [6.45, 7) is 1.98. The zero-order valence-electron chi connectivity index (χ0n) is 13.7. The summed E-state index contributed by atoms with van der Waals surface area (Å²) in [7, 11) is 0. The first-order valence-electron chi connectivity index (χ1n) is 7.93. The average molecular weight is 340 g/mol. The number of hydrogen-bond acceptors (Lipinski definition) is 5. The van der Waals surface area contributed by atoms with E-state index in [1.54, 1.807) is 24.3 Å². The highest BCUT2D eigenvalue weighted by Crippen LogP contribution is 2.25. The Morgan fingerprint density at radius 3 is 2.88 bits per heavy atom. The summed E-state index contributed by atoms with van der Waals surface area (Å²) >= 11 is 0. The lowest BCUT2D eigenvalue weighted by atomic mass is 10.1. The van der Waals surface area contributed by atoms with Gasteiger partial charge >= 0.3 is 5.97 Å². The Balaban J connectivity index is 1.64. The normalized spacial score (nSPS) is 19.2. The number of halogens is 1. The lowest BCUT2D eigenvalue weighted by molar-refractivity contribution is -0.141. The first kappa shape index (κ1) is 16.8. The first-order valence-corrected chi connectivity index (χ1v) is 7.93. The molecule has 1 saturated heterocycles. The summed E-state index contributed by atoms with van der Waals surface area (Å²) in [6.07, 6.45) is 0.412. The van der Waals surface area contributed by atoms with Crippen LogP contribution in [0.15, 0.2) is 42.5 Å². The summed E-state index contributed by atoms with van der Waals surface area (Å²) in [4.78, 5) is 11.6. The maximum Gasteiger partial charge on any atom is 0.328 e. The van der Waals surface area contributed by atoms with Crippen molar-refractivity contribution in [3.05, 3.63) is 59.4 Å². The van der Waals surface area contributed by atoms with E-state index in [1.165, 1.54) is 12.1 Å². The van der Waals surface area contributed by atoms with E-state index >= 15 is 0 Å². The third kappa shape index (κ3) is 4.07. The van der Waals surface area contributed by atoms with Crippen LogP contribution < -0.4 is 10.1 Å². The molecule has 3 rings (SSSR count). The zero-order valence-corrected chi connectivity index (χ0v) is 13.7. The molecule has 0 bridgehead atoms. The highest BCUT2D eigenvalue weighted by Gasteiger charge is 2.31. The van der Waals surface area contributed by atoms with Crippen LogP contribution in [0.2, 0.25) is 0 Å². The van der Waals surface area contributed by atoms with E-state index in [9.17, 15) is 9.18 Å².